The van der Waals surface area contributed by atoms with Gasteiger partial charge in [-0.1, -0.05) is 36.4 Å². The van der Waals surface area contributed by atoms with Gasteiger partial charge in [0.2, 0.25) is 0 Å². The highest BCUT2D eigenvalue weighted by Gasteiger charge is 2.23. The first-order chi connectivity index (χ1) is 12.4. The average Bonchev–Trinajstić information content (AvgIpc) is 2.94. The molecular formula is C21H22N2O3. The summed E-state index contributed by atoms with van der Waals surface area (Å²) in [7, 11) is 1.32. The Kier molecular flexibility index (Phi) is 4.80. The van der Waals surface area contributed by atoms with Gasteiger partial charge in [0.05, 0.1) is 18.7 Å². The normalized spacial score (nSPS) is 12.0. The minimum absolute atomic E-state index is 0.164. The molecule has 0 bridgehead atoms. The van der Waals surface area contributed by atoms with Gasteiger partial charge in [0.15, 0.2) is 0 Å². The van der Waals surface area contributed by atoms with Gasteiger partial charge in [-0.15, -0.1) is 0 Å². The molecule has 0 fully saturated rings. The minimum atomic E-state index is -0.479. The van der Waals surface area contributed by atoms with Gasteiger partial charge in [-0.25, -0.2) is 4.79 Å². The van der Waals surface area contributed by atoms with Crippen LogP contribution in [-0.2, 0) is 4.74 Å². The number of methoxy groups -OCH3 is 1. The van der Waals surface area contributed by atoms with Crippen LogP contribution in [0.5, 0.6) is 0 Å². The molecule has 1 atom stereocenters. The molecule has 2 aromatic carbocycles. The first kappa shape index (κ1) is 17.7. The molecule has 0 saturated carbocycles. The van der Waals surface area contributed by atoms with E-state index in [4.69, 9.17) is 4.74 Å². The molecule has 2 N–H and O–H groups in total. The second-order valence-corrected chi connectivity index (χ2v) is 6.42. The molecule has 26 heavy (non-hydrogen) atoms. The number of fused-ring (bicyclic) bond motifs is 1. The number of benzene rings is 2. The minimum Gasteiger partial charge on any atom is -0.464 e. The number of nitrogens with one attached hydrogen (secondary N) is 2. The first-order valence-corrected chi connectivity index (χ1v) is 8.49. The van der Waals surface area contributed by atoms with Crippen molar-refractivity contribution in [3.05, 3.63) is 70.5 Å². The molecule has 1 amide bonds. The van der Waals surface area contributed by atoms with Crippen molar-refractivity contribution in [2.45, 2.75) is 26.8 Å². The summed E-state index contributed by atoms with van der Waals surface area (Å²) in [5, 5.41) is 5.31. The van der Waals surface area contributed by atoms with Crippen molar-refractivity contribution in [3.63, 3.8) is 0 Å². The predicted octanol–water partition coefficient (Wildman–Crippen LogP) is 4.06. The van der Waals surface area contributed by atoms with Gasteiger partial charge in [0, 0.05) is 5.69 Å². The zero-order valence-corrected chi connectivity index (χ0v) is 15.3. The van der Waals surface area contributed by atoms with Crippen molar-refractivity contribution in [2.75, 3.05) is 7.11 Å². The topological polar surface area (TPSA) is 71.2 Å². The van der Waals surface area contributed by atoms with Gasteiger partial charge in [-0.3, -0.25) is 4.79 Å². The lowest BCUT2D eigenvalue weighted by molar-refractivity contribution is 0.0594. The number of esters is 1. The van der Waals surface area contributed by atoms with Crippen molar-refractivity contribution < 1.29 is 14.3 Å². The van der Waals surface area contributed by atoms with Crippen molar-refractivity contribution in [1.82, 2.24) is 10.3 Å². The summed E-state index contributed by atoms with van der Waals surface area (Å²) in [6.07, 6.45) is 0. The van der Waals surface area contributed by atoms with Crippen LogP contribution >= 0.6 is 0 Å². The molecule has 0 aliphatic heterocycles. The van der Waals surface area contributed by atoms with Crippen molar-refractivity contribution >= 4 is 22.6 Å². The van der Waals surface area contributed by atoms with E-state index < -0.39 is 5.97 Å². The Morgan fingerprint density at radius 3 is 2.46 bits per heavy atom. The van der Waals surface area contributed by atoms with Crippen LogP contribution in [0, 0.1) is 13.8 Å². The maximum Gasteiger partial charge on any atom is 0.354 e. The Balaban J connectivity index is 1.85. The van der Waals surface area contributed by atoms with Crippen molar-refractivity contribution in [1.29, 1.82) is 0 Å². The number of H-pyrrole nitrogens is 1. The number of hydrogen-bond acceptors (Lipinski definition) is 3. The molecule has 1 unspecified atom stereocenters. The standard InChI is InChI=1S/C21H22N2O3/c1-12-18(14(3)22-19(12)21(25)26-4)20(24)23-13(2)16-10-9-15-7-5-6-8-17(15)11-16/h5-11,13,22H,1-4H3,(H,23,24). The van der Waals surface area contributed by atoms with Gasteiger partial charge in [0.1, 0.15) is 5.69 Å². The number of carbonyl (C=O) groups excluding carboxylic acids is 2. The molecule has 3 aromatic rings. The van der Waals surface area contributed by atoms with E-state index in [0.29, 0.717) is 22.5 Å². The number of aryl methyl sites for hydroxylation is 1. The van der Waals surface area contributed by atoms with E-state index in [1.807, 2.05) is 25.1 Å². The highest BCUT2D eigenvalue weighted by Crippen LogP contribution is 2.23. The quantitative estimate of drug-likeness (QED) is 0.697. The summed E-state index contributed by atoms with van der Waals surface area (Å²) in [4.78, 5) is 27.5. The number of rotatable bonds is 4. The second-order valence-electron chi connectivity index (χ2n) is 6.42. The predicted molar refractivity (Wildman–Crippen MR) is 101 cm³/mol. The highest BCUT2D eigenvalue weighted by atomic mass is 16.5. The number of ether oxygens (including phenoxy) is 1. The third-order valence-electron chi connectivity index (χ3n) is 4.68. The van der Waals surface area contributed by atoms with E-state index in [1.54, 1.807) is 13.8 Å². The number of aromatic amines is 1. The number of carbonyl (C=O) groups is 2. The molecule has 0 aliphatic rings. The Hall–Kier alpha value is -3.08. The summed E-state index contributed by atoms with van der Waals surface area (Å²) in [6, 6.07) is 14.1. The van der Waals surface area contributed by atoms with E-state index in [1.165, 1.54) is 7.11 Å². The van der Waals surface area contributed by atoms with Crippen molar-refractivity contribution in [3.8, 4) is 0 Å². The van der Waals surface area contributed by atoms with E-state index in [-0.39, 0.29) is 11.9 Å². The molecule has 1 aromatic heterocycles. The lowest BCUT2D eigenvalue weighted by Gasteiger charge is -2.15. The van der Waals surface area contributed by atoms with Gasteiger partial charge in [0.25, 0.3) is 5.91 Å². The van der Waals surface area contributed by atoms with Crippen LogP contribution in [-0.4, -0.2) is 24.0 Å². The summed E-state index contributed by atoms with van der Waals surface area (Å²) in [5.74, 6) is -0.695. The van der Waals surface area contributed by atoms with Crippen LogP contribution in [0.1, 0.15) is 50.6 Å². The van der Waals surface area contributed by atoms with E-state index in [0.717, 1.165) is 16.3 Å². The first-order valence-electron chi connectivity index (χ1n) is 8.49. The smallest absolute Gasteiger partial charge is 0.354 e. The SMILES string of the molecule is COC(=O)c1[nH]c(C)c(C(=O)NC(C)c2ccc3ccccc3c2)c1C. The van der Waals surface area contributed by atoms with Gasteiger partial charge in [-0.05, 0) is 48.7 Å². The van der Waals surface area contributed by atoms with Crippen LogP contribution in [0.3, 0.4) is 0 Å². The molecule has 134 valence electrons. The fraction of sp³-hybridized carbons (Fsp3) is 0.238. The van der Waals surface area contributed by atoms with Gasteiger partial charge < -0.3 is 15.0 Å². The lowest BCUT2D eigenvalue weighted by Crippen LogP contribution is -2.27. The molecular weight excluding hydrogens is 328 g/mol. The Morgan fingerprint density at radius 1 is 1.08 bits per heavy atom. The highest BCUT2D eigenvalue weighted by molar-refractivity contribution is 6.01. The van der Waals surface area contributed by atoms with Gasteiger partial charge in [-0.2, -0.15) is 0 Å². The Morgan fingerprint density at radius 2 is 1.77 bits per heavy atom. The van der Waals surface area contributed by atoms with Gasteiger partial charge >= 0.3 is 5.97 Å². The number of amides is 1. The molecule has 0 radical (unpaired) electrons. The van der Waals surface area contributed by atoms with E-state index >= 15 is 0 Å². The molecule has 1 heterocycles. The average molecular weight is 350 g/mol. The Labute approximate surface area is 152 Å². The summed E-state index contributed by atoms with van der Waals surface area (Å²) in [6.45, 7) is 5.46. The van der Waals surface area contributed by atoms with Crippen LogP contribution in [0.4, 0.5) is 0 Å². The van der Waals surface area contributed by atoms with Crippen LogP contribution < -0.4 is 5.32 Å². The fourth-order valence-electron chi connectivity index (χ4n) is 3.23. The third-order valence-corrected chi connectivity index (χ3v) is 4.68. The summed E-state index contributed by atoms with van der Waals surface area (Å²) in [5.41, 5.74) is 3.06. The second kappa shape index (κ2) is 7.04. The Bertz CT molecular complexity index is 988. The molecule has 0 saturated heterocycles. The summed E-state index contributed by atoms with van der Waals surface area (Å²) >= 11 is 0. The van der Waals surface area contributed by atoms with Crippen LogP contribution in [0.2, 0.25) is 0 Å². The number of aromatic nitrogens is 1. The number of hydrogen-bond donors (Lipinski definition) is 2. The zero-order chi connectivity index (χ0) is 18.8. The van der Waals surface area contributed by atoms with Crippen molar-refractivity contribution in [2.24, 2.45) is 0 Å². The van der Waals surface area contributed by atoms with Crippen LogP contribution in [0.15, 0.2) is 42.5 Å². The maximum atomic E-state index is 12.8. The largest absolute Gasteiger partial charge is 0.464 e. The molecule has 3 rings (SSSR count). The lowest BCUT2D eigenvalue weighted by atomic mass is 10.0. The third kappa shape index (κ3) is 3.20. The van der Waals surface area contributed by atoms with E-state index in [2.05, 4.69) is 34.6 Å². The molecule has 5 nitrogen and oxygen atoms in total. The summed E-state index contributed by atoms with van der Waals surface area (Å²) < 4.78 is 4.75. The van der Waals surface area contributed by atoms with E-state index in [9.17, 15) is 9.59 Å². The molecule has 0 aliphatic carbocycles. The molecule has 0 spiro atoms. The van der Waals surface area contributed by atoms with Crippen LogP contribution in [0.25, 0.3) is 10.8 Å². The maximum absolute atomic E-state index is 12.8. The fourth-order valence-corrected chi connectivity index (χ4v) is 3.23. The zero-order valence-electron chi connectivity index (χ0n) is 15.3. The monoisotopic (exact) mass is 350 g/mol. The molecule has 5 heteroatoms.